The number of sulfone groups is 1. The lowest BCUT2D eigenvalue weighted by atomic mass is 10.2. The van der Waals surface area contributed by atoms with Gasteiger partial charge in [0.1, 0.15) is 6.33 Å². The number of methoxy groups -OCH3 is 1. The molecule has 0 bridgehead atoms. The van der Waals surface area contributed by atoms with Gasteiger partial charge >= 0.3 is 0 Å². The van der Waals surface area contributed by atoms with Gasteiger partial charge in [-0.05, 0) is 6.42 Å². The number of ether oxygens (including phenoxy) is 1. The van der Waals surface area contributed by atoms with Crippen molar-refractivity contribution in [2.75, 3.05) is 29.4 Å². The van der Waals surface area contributed by atoms with Crippen molar-refractivity contribution in [1.82, 2.24) is 9.97 Å². The second kappa shape index (κ2) is 4.94. The Morgan fingerprint density at radius 2 is 2.17 bits per heavy atom. The van der Waals surface area contributed by atoms with E-state index in [4.69, 9.17) is 10.6 Å². The maximum absolute atomic E-state index is 11.4. The number of anilines is 2. The molecule has 1 fully saturated rings. The highest BCUT2D eigenvalue weighted by Crippen LogP contribution is 2.29. The molecule has 0 amide bonds. The molecule has 18 heavy (non-hydrogen) atoms. The molecule has 1 aliphatic heterocycles. The summed E-state index contributed by atoms with van der Waals surface area (Å²) in [5.74, 6) is 6.74. The number of hydrogen-bond acceptors (Lipinski definition) is 8. The molecule has 1 unspecified atom stereocenters. The van der Waals surface area contributed by atoms with Crippen molar-refractivity contribution in [2.24, 2.45) is 5.84 Å². The van der Waals surface area contributed by atoms with E-state index >= 15 is 0 Å². The van der Waals surface area contributed by atoms with Gasteiger partial charge in [-0.2, -0.15) is 0 Å². The fraction of sp³-hybridized carbons (Fsp3) is 0.556. The van der Waals surface area contributed by atoms with Crippen LogP contribution in [-0.4, -0.2) is 43.0 Å². The maximum atomic E-state index is 11.4. The average molecular weight is 273 g/mol. The topological polar surface area (TPSA) is 119 Å². The van der Waals surface area contributed by atoms with Crippen LogP contribution in [0.3, 0.4) is 0 Å². The molecule has 0 saturated carbocycles. The monoisotopic (exact) mass is 273 g/mol. The molecule has 0 aromatic carbocycles. The van der Waals surface area contributed by atoms with Crippen LogP contribution in [0.15, 0.2) is 6.33 Å². The molecular weight excluding hydrogens is 258 g/mol. The minimum absolute atomic E-state index is 0.103. The number of rotatable bonds is 4. The maximum Gasteiger partial charge on any atom is 0.205 e. The summed E-state index contributed by atoms with van der Waals surface area (Å²) >= 11 is 0. The van der Waals surface area contributed by atoms with Gasteiger partial charge in [0.05, 0.1) is 18.6 Å². The zero-order valence-corrected chi connectivity index (χ0v) is 10.7. The van der Waals surface area contributed by atoms with Gasteiger partial charge in [0.25, 0.3) is 0 Å². The highest BCUT2D eigenvalue weighted by Gasteiger charge is 2.29. The molecule has 9 heteroatoms. The van der Waals surface area contributed by atoms with Crippen molar-refractivity contribution in [3.63, 3.8) is 0 Å². The van der Waals surface area contributed by atoms with Crippen LogP contribution in [-0.2, 0) is 9.84 Å². The van der Waals surface area contributed by atoms with Crippen molar-refractivity contribution in [1.29, 1.82) is 0 Å². The first-order valence-electron chi connectivity index (χ1n) is 5.38. The molecule has 2 heterocycles. The van der Waals surface area contributed by atoms with E-state index in [1.165, 1.54) is 13.4 Å². The summed E-state index contributed by atoms with van der Waals surface area (Å²) in [7, 11) is -1.47. The van der Waals surface area contributed by atoms with E-state index in [1.54, 1.807) is 0 Å². The normalized spacial score (nSPS) is 21.6. The van der Waals surface area contributed by atoms with Crippen molar-refractivity contribution >= 4 is 21.5 Å². The third-order valence-electron chi connectivity index (χ3n) is 2.72. The molecule has 4 N–H and O–H groups in total. The average Bonchev–Trinajstić information content (AvgIpc) is 2.68. The van der Waals surface area contributed by atoms with Gasteiger partial charge in [0, 0.05) is 6.04 Å². The largest absolute Gasteiger partial charge is 0.490 e. The highest BCUT2D eigenvalue weighted by atomic mass is 32.2. The highest BCUT2D eigenvalue weighted by molar-refractivity contribution is 7.91. The summed E-state index contributed by atoms with van der Waals surface area (Å²) in [5, 5.41) is 3.04. The fourth-order valence-electron chi connectivity index (χ4n) is 1.87. The predicted molar refractivity (Wildman–Crippen MR) is 67.1 cm³/mol. The van der Waals surface area contributed by atoms with Crippen LogP contribution in [0.25, 0.3) is 0 Å². The minimum Gasteiger partial charge on any atom is -0.490 e. The van der Waals surface area contributed by atoms with E-state index in [2.05, 4.69) is 20.7 Å². The lowest BCUT2D eigenvalue weighted by Crippen LogP contribution is -2.22. The number of nitrogens with two attached hydrogens (primary N) is 1. The van der Waals surface area contributed by atoms with E-state index in [-0.39, 0.29) is 17.5 Å². The van der Waals surface area contributed by atoms with Crippen LogP contribution >= 0.6 is 0 Å². The summed E-state index contributed by atoms with van der Waals surface area (Å²) in [6, 6.07) is -0.163. The van der Waals surface area contributed by atoms with E-state index in [0.717, 1.165) is 0 Å². The summed E-state index contributed by atoms with van der Waals surface area (Å²) in [6.07, 6.45) is 1.88. The van der Waals surface area contributed by atoms with Crippen molar-refractivity contribution in [3.05, 3.63) is 6.33 Å². The molecule has 1 aromatic rings. The quantitative estimate of drug-likeness (QED) is 0.490. The molecule has 100 valence electrons. The molecule has 1 aromatic heterocycles. The standard InChI is InChI=1S/C9H15N5O3S/c1-17-7-8(11-5-12-9(7)14-10)13-6-2-3-18(15,16)4-6/h5-6H,2-4,10H2,1H3,(H2,11,12,13,14). The Hall–Kier alpha value is -1.61. The Bertz CT molecular complexity index is 533. The molecule has 8 nitrogen and oxygen atoms in total. The van der Waals surface area contributed by atoms with Gasteiger partial charge in [0.15, 0.2) is 21.5 Å². The SMILES string of the molecule is COc1c(NN)ncnc1NC1CCS(=O)(=O)C1. The van der Waals surface area contributed by atoms with E-state index in [0.29, 0.717) is 23.8 Å². The molecular formula is C9H15N5O3S. The predicted octanol–water partition coefficient (Wildman–Crippen LogP) is -0.630. The van der Waals surface area contributed by atoms with Crippen LogP contribution in [0, 0.1) is 0 Å². The Kier molecular flexibility index (Phi) is 3.53. The van der Waals surface area contributed by atoms with Crippen LogP contribution in [0.2, 0.25) is 0 Å². The fourth-order valence-corrected chi connectivity index (χ4v) is 3.55. The smallest absolute Gasteiger partial charge is 0.205 e. The van der Waals surface area contributed by atoms with Crippen molar-refractivity contribution < 1.29 is 13.2 Å². The second-order valence-corrected chi connectivity index (χ2v) is 6.22. The number of nitrogens with one attached hydrogen (secondary N) is 2. The van der Waals surface area contributed by atoms with Gasteiger partial charge in [-0.15, -0.1) is 0 Å². The molecule has 0 spiro atoms. The van der Waals surface area contributed by atoms with Gasteiger partial charge in [-0.3, -0.25) is 0 Å². The molecule has 0 aliphatic carbocycles. The van der Waals surface area contributed by atoms with Crippen molar-refractivity contribution in [2.45, 2.75) is 12.5 Å². The first kappa shape index (κ1) is 12.8. The van der Waals surface area contributed by atoms with E-state index in [9.17, 15) is 8.42 Å². The molecule has 0 radical (unpaired) electrons. The summed E-state index contributed by atoms with van der Waals surface area (Å²) < 4.78 is 27.9. The van der Waals surface area contributed by atoms with Gasteiger partial charge in [-0.25, -0.2) is 24.2 Å². The van der Waals surface area contributed by atoms with Crippen LogP contribution in [0.4, 0.5) is 11.6 Å². The number of nitrogens with zero attached hydrogens (tertiary/aromatic N) is 2. The van der Waals surface area contributed by atoms with Gasteiger partial charge < -0.3 is 15.5 Å². The summed E-state index contributed by atoms with van der Waals surface area (Å²) in [4.78, 5) is 7.93. The first-order chi connectivity index (χ1) is 8.55. The Labute approximate surface area is 105 Å². The number of nitrogen functional groups attached to an aromatic ring is 1. The summed E-state index contributed by atoms with van der Waals surface area (Å²) in [6.45, 7) is 0. The Morgan fingerprint density at radius 1 is 1.44 bits per heavy atom. The van der Waals surface area contributed by atoms with E-state index < -0.39 is 9.84 Å². The number of hydrogen-bond donors (Lipinski definition) is 3. The lowest BCUT2D eigenvalue weighted by molar-refractivity contribution is 0.414. The minimum atomic E-state index is -2.94. The first-order valence-corrected chi connectivity index (χ1v) is 7.20. The second-order valence-electron chi connectivity index (χ2n) is 3.99. The lowest BCUT2D eigenvalue weighted by Gasteiger charge is -2.15. The zero-order chi connectivity index (χ0) is 13.2. The van der Waals surface area contributed by atoms with Gasteiger partial charge in [0.2, 0.25) is 5.75 Å². The Morgan fingerprint density at radius 3 is 2.72 bits per heavy atom. The summed E-state index contributed by atoms with van der Waals surface area (Å²) in [5.41, 5.74) is 2.39. The molecule has 1 saturated heterocycles. The molecule has 2 rings (SSSR count). The third-order valence-corrected chi connectivity index (χ3v) is 4.49. The van der Waals surface area contributed by atoms with Crippen LogP contribution in [0.1, 0.15) is 6.42 Å². The van der Waals surface area contributed by atoms with Crippen molar-refractivity contribution in [3.8, 4) is 5.75 Å². The molecule has 1 atom stereocenters. The molecule has 1 aliphatic rings. The zero-order valence-electron chi connectivity index (χ0n) is 9.88. The van der Waals surface area contributed by atoms with Gasteiger partial charge in [-0.1, -0.05) is 0 Å². The third kappa shape index (κ3) is 2.62. The van der Waals surface area contributed by atoms with Crippen LogP contribution < -0.4 is 21.3 Å². The van der Waals surface area contributed by atoms with E-state index in [1.807, 2.05) is 0 Å². The Balaban J connectivity index is 2.19. The number of hydrazine groups is 1. The van der Waals surface area contributed by atoms with Crippen LogP contribution in [0.5, 0.6) is 5.75 Å². The number of aromatic nitrogens is 2.